The Morgan fingerprint density at radius 2 is 1.91 bits per heavy atom. The lowest BCUT2D eigenvalue weighted by molar-refractivity contribution is -0.116. The molecule has 0 aliphatic rings. The molecular formula is C18H21NO3. The van der Waals surface area contributed by atoms with Crippen LogP contribution in [0.25, 0.3) is 0 Å². The molecule has 1 amide bonds. The third-order valence-corrected chi connectivity index (χ3v) is 3.40. The molecule has 0 unspecified atom stereocenters. The van der Waals surface area contributed by atoms with Crippen molar-refractivity contribution in [1.29, 1.82) is 0 Å². The molecule has 0 aliphatic heterocycles. The maximum atomic E-state index is 12.1. The second kappa shape index (κ2) is 7.50. The molecule has 0 aromatic heterocycles. The van der Waals surface area contributed by atoms with Crippen LogP contribution in [-0.2, 0) is 11.2 Å². The maximum absolute atomic E-state index is 12.1. The number of carbonyl (C=O) groups is 1. The molecule has 0 heterocycles. The predicted octanol–water partition coefficient (Wildman–Crippen LogP) is 3.58. The Kier molecular flexibility index (Phi) is 5.42. The molecule has 2 aromatic carbocycles. The Morgan fingerprint density at radius 1 is 1.09 bits per heavy atom. The number of benzene rings is 2. The first kappa shape index (κ1) is 15.9. The van der Waals surface area contributed by atoms with E-state index in [1.165, 1.54) is 5.56 Å². The lowest BCUT2D eigenvalue weighted by Crippen LogP contribution is -2.13. The molecule has 0 saturated heterocycles. The summed E-state index contributed by atoms with van der Waals surface area (Å²) in [4.78, 5) is 12.1. The minimum absolute atomic E-state index is 0.0481. The van der Waals surface area contributed by atoms with E-state index in [-0.39, 0.29) is 5.91 Å². The number of hydrogen-bond acceptors (Lipinski definition) is 3. The first-order chi connectivity index (χ1) is 10.6. The average Bonchev–Trinajstić information content (AvgIpc) is 2.53. The number of ether oxygens (including phenoxy) is 2. The standard InChI is InChI=1S/C18H21NO3/c1-13-5-4-6-14(11-13)7-10-18(20)19-16-12-15(21-2)8-9-17(16)22-3/h4-6,8-9,11-12H,7,10H2,1-3H3,(H,19,20). The highest BCUT2D eigenvalue weighted by molar-refractivity contribution is 5.92. The third-order valence-electron chi connectivity index (χ3n) is 3.40. The van der Waals surface area contributed by atoms with Gasteiger partial charge in [0.15, 0.2) is 0 Å². The molecule has 2 aromatic rings. The molecule has 0 atom stereocenters. The van der Waals surface area contributed by atoms with Crippen LogP contribution in [0, 0.1) is 6.92 Å². The van der Waals surface area contributed by atoms with Crippen molar-refractivity contribution < 1.29 is 14.3 Å². The quantitative estimate of drug-likeness (QED) is 0.887. The van der Waals surface area contributed by atoms with Crippen LogP contribution < -0.4 is 14.8 Å². The summed E-state index contributed by atoms with van der Waals surface area (Å²) < 4.78 is 10.4. The van der Waals surface area contributed by atoms with Crippen LogP contribution in [0.15, 0.2) is 42.5 Å². The molecule has 4 heteroatoms. The van der Waals surface area contributed by atoms with E-state index in [0.29, 0.717) is 30.0 Å². The van der Waals surface area contributed by atoms with Gasteiger partial charge in [0.25, 0.3) is 0 Å². The molecule has 4 nitrogen and oxygen atoms in total. The Balaban J connectivity index is 1.99. The van der Waals surface area contributed by atoms with Crippen molar-refractivity contribution in [2.45, 2.75) is 19.8 Å². The highest BCUT2D eigenvalue weighted by Gasteiger charge is 2.09. The minimum Gasteiger partial charge on any atom is -0.497 e. The van der Waals surface area contributed by atoms with Crippen LogP contribution in [0.1, 0.15) is 17.5 Å². The molecule has 116 valence electrons. The Hall–Kier alpha value is -2.49. The minimum atomic E-state index is -0.0481. The van der Waals surface area contributed by atoms with Gasteiger partial charge in [0.2, 0.25) is 5.91 Å². The number of methoxy groups -OCH3 is 2. The summed E-state index contributed by atoms with van der Waals surface area (Å²) in [6.07, 6.45) is 1.13. The van der Waals surface area contributed by atoms with E-state index in [0.717, 1.165) is 5.56 Å². The lowest BCUT2D eigenvalue weighted by Gasteiger charge is -2.11. The third kappa shape index (κ3) is 4.25. The van der Waals surface area contributed by atoms with Crippen molar-refractivity contribution in [3.63, 3.8) is 0 Å². The smallest absolute Gasteiger partial charge is 0.224 e. The SMILES string of the molecule is COc1ccc(OC)c(NC(=O)CCc2cccc(C)c2)c1. The monoisotopic (exact) mass is 299 g/mol. The van der Waals surface area contributed by atoms with Gasteiger partial charge in [-0.2, -0.15) is 0 Å². The Labute approximate surface area is 131 Å². The fourth-order valence-corrected chi connectivity index (χ4v) is 2.25. The van der Waals surface area contributed by atoms with Gasteiger partial charge in [-0.05, 0) is 31.0 Å². The van der Waals surface area contributed by atoms with Crippen molar-refractivity contribution in [3.8, 4) is 11.5 Å². The van der Waals surface area contributed by atoms with E-state index in [1.54, 1.807) is 32.4 Å². The summed E-state index contributed by atoms with van der Waals surface area (Å²) in [5.41, 5.74) is 2.98. The predicted molar refractivity (Wildman–Crippen MR) is 87.7 cm³/mol. The molecule has 1 N–H and O–H groups in total. The average molecular weight is 299 g/mol. The molecule has 0 fully saturated rings. The molecule has 0 spiro atoms. The van der Waals surface area contributed by atoms with Crippen molar-refractivity contribution in [2.24, 2.45) is 0 Å². The van der Waals surface area contributed by atoms with Gasteiger partial charge in [0, 0.05) is 12.5 Å². The summed E-state index contributed by atoms with van der Waals surface area (Å²) in [6.45, 7) is 2.05. The van der Waals surface area contributed by atoms with E-state index < -0.39 is 0 Å². The summed E-state index contributed by atoms with van der Waals surface area (Å²) in [5.74, 6) is 1.24. The number of carbonyl (C=O) groups excluding carboxylic acids is 1. The van der Waals surface area contributed by atoms with E-state index >= 15 is 0 Å². The first-order valence-corrected chi connectivity index (χ1v) is 7.20. The fraction of sp³-hybridized carbons (Fsp3) is 0.278. The molecule has 0 bridgehead atoms. The van der Waals surface area contributed by atoms with E-state index in [9.17, 15) is 4.79 Å². The largest absolute Gasteiger partial charge is 0.497 e. The highest BCUT2D eigenvalue weighted by Crippen LogP contribution is 2.29. The fourth-order valence-electron chi connectivity index (χ4n) is 2.25. The van der Waals surface area contributed by atoms with Crippen LogP contribution in [0.4, 0.5) is 5.69 Å². The molecule has 0 radical (unpaired) electrons. The van der Waals surface area contributed by atoms with Crippen molar-refractivity contribution in [1.82, 2.24) is 0 Å². The van der Waals surface area contributed by atoms with Gasteiger partial charge in [-0.3, -0.25) is 4.79 Å². The second-order valence-electron chi connectivity index (χ2n) is 5.10. The zero-order chi connectivity index (χ0) is 15.9. The molecule has 0 saturated carbocycles. The molecule has 0 aliphatic carbocycles. The van der Waals surface area contributed by atoms with Gasteiger partial charge < -0.3 is 14.8 Å². The number of amides is 1. The summed E-state index contributed by atoms with van der Waals surface area (Å²) >= 11 is 0. The van der Waals surface area contributed by atoms with Gasteiger partial charge >= 0.3 is 0 Å². The van der Waals surface area contributed by atoms with Crippen molar-refractivity contribution in [2.75, 3.05) is 19.5 Å². The van der Waals surface area contributed by atoms with E-state index in [1.807, 2.05) is 25.1 Å². The maximum Gasteiger partial charge on any atom is 0.224 e. The normalized spacial score (nSPS) is 10.1. The van der Waals surface area contributed by atoms with Crippen LogP contribution in [0.5, 0.6) is 11.5 Å². The van der Waals surface area contributed by atoms with E-state index in [2.05, 4.69) is 11.4 Å². The summed E-state index contributed by atoms with van der Waals surface area (Å²) in [7, 11) is 3.16. The van der Waals surface area contributed by atoms with Gasteiger partial charge in [-0.1, -0.05) is 29.8 Å². The van der Waals surface area contributed by atoms with Gasteiger partial charge in [0.05, 0.1) is 19.9 Å². The molecule has 2 rings (SSSR count). The zero-order valence-electron chi connectivity index (χ0n) is 13.2. The summed E-state index contributed by atoms with van der Waals surface area (Å²) in [6, 6.07) is 13.5. The van der Waals surface area contributed by atoms with Crippen molar-refractivity contribution >= 4 is 11.6 Å². The second-order valence-corrected chi connectivity index (χ2v) is 5.10. The Bertz CT molecular complexity index is 653. The number of hydrogen-bond donors (Lipinski definition) is 1. The number of rotatable bonds is 6. The van der Waals surface area contributed by atoms with Crippen LogP contribution in [0.3, 0.4) is 0 Å². The van der Waals surface area contributed by atoms with Crippen molar-refractivity contribution in [3.05, 3.63) is 53.6 Å². The lowest BCUT2D eigenvalue weighted by atomic mass is 10.1. The van der Waals surface area contributed by atoms with Gasteiger partial charge in [0.1, 0.15) is 11.5 Å². The molecule has 22 heavy (non-hydrogen) atoms. The van der Waals surface area contributed by atoms with E-state index in [4.69, 9.17) is 9.47 Å². The van der Waals surface area contributed by atoms with Gasteiger partial charge in [-0.25, -0.2) is 0 Å². The summed E-state index contributed by atoms with van der Waals surface area (Å²) in [5, 5.41) is 2.88. The van der Waals surface area contributed by atoms with Gasteiger partial charge in [-0.15, -0.1) is 0 Å². The van der Waals surface area contributed by atoms with Crippen LogP contribution in [-0.4, -0.2) is 20.1 Å². The molecular weight excluding hydrogens is 278 g/mol. The van der Waals surface area contributed by atoms with Crippen LogP contribution in [0.2, 0.25) is 0 Å². The Morgan fingerprint density at radius 3 is 2.59 bits per heavy atom. The van der Waals surface area contributed by atoms with Crippen LogP contribution >= 0.6 is 0 Å². The topological polar surface area (TPSA) is 47.6 Å². The zero-order valence-corrected chi connectivity index (χ0v) is 13.2. The highest BCUT2D eigenvalue weighted by atomic mass is 16.5. The number of nitrogens with one attached hydrogen (secondary N) is 1. The number of aryl methyl sites for hydroxylation is 2. The number of anilines is 1. The first-order valence-electron chi connectivity index (χ1n) is 7.20.